The van der Waals surface area contributed by atoms with Gasteiger partial charge in [-0.25, -0.2) is 0 Å². The molecule has 2 rings (SSSR count). The molecule has 0 bridgehead atoms. The SMILES string of the molecule is CCNC(=NCC(c1ccc(OC)cc1)N(C)C)NC1CCCC(S(=O)CC)C1.I. The summed E-state index contributed by atoms with van der Waals surface area (Å²) in [6.45, 7) is 5.57. The van der Waals surface area contributed by atoms with Gasteiger partial charge in [-0.3, -0.25) is 9.20 Å². The van der Waals surface area contributed by atoms with Crippen molar-refractivity contribution >= 4 is 40.7 Å². The van der Waals surface area contributed by atoms with Gasteiger partial charge in [0.25, 0.3) is 0 Å². The first-order valence-corrected chi connectivity index (χ1v) is 12.1. The summed E-state index contributed by atoms with van der Waals surface area (Å²) in [6, 6.07) is 8.71. The zero-order valence-corrected chi connectivity index (χ0v) is 22.2. The highest BCUT2D eigenvalue weighted by Crippen LogP contribution is 2.24. The molecule has 1 aliphatic carbocycles. The van der Waals surface area contributed by atoms with Gasteiger partial charge in [-0.2, -0.15) is 0 Å². The first-order chi connectivity index (χ1) is 14.0. The van der Waals surface area contributed by atoms with E-state index in [4.69, 9.17) is 9.73 Å². The second-order valence-electron chi connectivity index (χ2n) is 7.77. The monoisotopic (exact) mass is 550 g/mol. The first kappa shape index (κ1) is 27.2. The van der Waals surface area contributed by atoms with Crippen LogP contribution < -0.4 is 15.4 Å². The Balaban J connectivity index is 0.00000450. The van der Waals surface area contributed by atoms with Gasteiger partial charge in [-0.1, -0.05) is 25.5 Å². The van der Waals surface area contributed by atoms with Crippen LogP contribution >= 0.6 is 24.0 Å². The molecule has 0 aromatic heterocycles. The van der Waals surface area contributed by atoms with Crippen LogP contribution in [-0.2, 0) is 10.8 Å². The molecule has 0 heterocycles. The van der Waals surface area contributed by atoms with E-state index in [1.54, 1.807) is 7.11 Å². The third-order valence-corrected chi connectivity index (χ3v) is 7.25. The Labute approximate surface area is 202 Å². The fourth-order valence-corrected chi connectivity index (χ4v) is 5.18. The number of hydrogen-bond acceptors (Lipinski definition) is 4. The van der Waals surface area contributed by atoms with E-state index >= 15 is 0 Å². The Bertz CT molecular complexity index is 670. The number of rotatable bonds is 9. The van der Waals surface area contributed by atoms with Gasteiger partial charge in [0.15, 0.2) is 5.96 Å². The summed E-state index contributed by atoms with van der Waals surface area (Å²) in [7, 11) is 5.13. The molecule has 1 saturated carbocycles. The molecule has 0 radical (unpaired) electrons. The summed E-state index contributed by atoms with van der Waals surface area (Å²) in [4.78, 5) is 7.07. The molecule has 4 atom stereocenters. The number of methoxy groups -OCH3 is 1. The Morgan fingerprint density at radius 1 is 1.27 bits per heavy atom. The molecular weight excluding hydrogens is 511 g/mol. The number of hydrogen-bond donors (Lipinski definition) is 2. The van der Waals surface area contributed by atoms with Gasteiger partial charge in [-0.15, -0.1) is 24.0 Å². The van der Waals surface area contributed by atoms with Crippen LogP contribution in [0.25, 0.3) is 0 Å². The molecule has 6 nitrogen and oxygen atoms in total. The van der Waals surface area contributed by atoms with Gasteiger partial charge >= 0.3 is 0 Å². The Hall–Kier alpha value is -0.870. The molecule has 0 aliphatic heterocycles. The number of likely N-dealkylation sites (N-methyl/N-ethyl adjacent to an activating group) is 1. The van der Waals surface area contributed by atoms with E-state index in [9.17, 15) is 4.21 Å². The fraction of sp³-hybridized carbons (Fsp3) is 0.682. The third-order valence-electron chi connectivity index (χ3n) is 5.51. The lowest BCUT2D eigenvalue weighted by Gasteiger charge is -2.30. The zero-order chi connectivity index (χ0) is 21.2. The van der Waals surface area contributed by atoms with Crippen molar-refractivity contribution in [1.29, 1.82) is 0 Å². The normalized spacial score (nSPS) is 21.5. The molecule has 172 valence electrons. The third kappa shape index (κ3) is 8.34. The first-order valence-electron chi connectivity index (χ1n) is 10.7. The van der Waals surface area contributed by atoms with E-state index in [0.717, 1.165) is 49.7 Å². The smallest absolute Gasteiger partial charge is 0.191 e. The van der Waals surface area contributed by atoms with E-state index in [1.807, 2.05) is 19.1 Å². The van der Waals surface area contributed by atoms with E-state index in [0.29, 0.717) is 17.8 Å². The molecule has 1 aromatic carbocycles. The van der Waals surface area contributed by atoms with Crippen LogP contribution in [-0.4, -0.2) is 66.4 Å². The molecule has 30 heavy (non-hydrogen) atoms. The van der Waals surface area contributed by atoms with Crippen molar-refractivity contribution in [2.24, 2.45) is 4.99 Å². The zero-order valence-electron chi connectivity index (χ0n) is 19.0. The Morgan fingerprint density at radius 3 is 2.53 bits per heavy atom. The lowest BCUT2D eigenvalue weighted by Crippen LogP contribution is -2.47. The standard InChI is InChI=1S/C22H38N4O2S.HI/c1-6-23-22(25-18-9-8-10-20(15-18)29(27)7-2)24-16-21(26(3)4)17-11-13-19(28-5)14-12-17;/h11-14,18,20-21H,6-10,15-16H2,1-5H3,(H2,23,24,25);1H. The summed E-state index contributed by atoms with van der Waals surface area (Å²) in [5.74, 6) is 2.46. The Kier molecular flexibility index (Phi) is 12.9. The van der Waals surface area contributed by atoms with Crippen LogP contribution in [0.3, 0.4) is 0 Å². The van der Waals surface area contributed by atoms with Gasteiger partial charge in [0.1, 0.15) is 5.75 Å². The van der Waals surface area contributed by atoms with Crippen molar-refractivity contribution in [3.05, 3.63) is 29.8 Å². The van der Waals surface area contributed by atoms with Crippen molar-refractivity contribution < 1.29 is 8.95 Å². The van der Waals surface area contributed by atoms with E-state index < -0.39 is 10.8 Å². The number of ether oxygens (including phenoxy) is 1. The highest BCUT2D eigenvalue weighted by molar-refractivity contribution is 14.0. The van der Waals surface area contributed by atoms with Crippen LogP contribution in [0.2, 0.25) is 0 Å². The summed E-state index contributed by atoms with van der Waals surface area (Å²) in [6.07, 6.45) is 4.27. The summed E-state index contributed by atoms with van der Waals surface area (Å²) >= 11 is 0. The van der Waals surface area contributed by atoms with Crippen molar-refractivity contribution in [1.82, 2.24) is 15.5 Å². The molecule has 1 aliphatic rings. The maximum absolute atomic E-state index is 12.2. The molecular formula is C22H39IN4O2S. The van der Waals surface area contributed by atoms with Crippen LogP contribution in [0.1, 0.15) is 51.1 Å². The van der Waals surface area contributed by atoms with Gasteiger partial charge in [-0.05, 0) is 58.0 Å². The minimum absolute atomic E-state index is 0. The van der Waals surface area contributed by atoms with Gasteiger partial charge in [0, 0.05) is 34.4 Å². The fourth-order valence-electron chi connectivity index (χ4n) is 3.83. The predicted molar refractivity (Wildman–Crippen MR) is 139 cm³/mol. The lowest BCUT2D eigenvalue weighted by atomic mass is 9.95. The maximum Gasteiger partial charge on any atom is 0.191 e. The molecule has 4 unspecified atom stereocenters. The van der Waals surface area contributed by atoms with Crippen LogP contribution in [0, 0.1) is 0 Å². The minimum atomic E-state index is -0.715. The minimum Gasteiger partial charge on any atom is -0.497 e. The highest BCUT2D eigenvalue weighted by Gasteiger charge is 2.26. The largest absolute Gasteiger partial charge is 0.497 e. The second kappa shape index (κ2) is 14.2. The van der Waals surface area contributed by atoms with Crippen LogP contribution in [0.4, 0.5) is 0 Å². The lowest BCUT2D eigenvalue weighted by molar-refractivity contribution is 0.305. The van der Waals surface area contributed by atoms with E-state index in [-0.39, 0.29) is 30.0 Å². The van der Waals surface area contributed by atoms with Gasteiger partial charge in [0.2, 0.25) is 0 Å². The average Bonchev–Trinajstić information content (AvgIpc) is 2.73. The molecule has 2 N–H and O–H groups in total. The molecule has 8 heteroatoms. The number of nitrogens with zero attached hydrogens (tertiary/aromatic N) is 2. The highest BCUT2D eigenvalue weighted by atomic mass is 127. The molecule has 0 saturated heterocycles. The molecule has 1 fully saturated rings. The topological polar surface area (TPSA) is 66.0 Å². The van der Waals surface area contributed by atoms with Gasteiger partial charge in [0.05, 0.1) is 19.7 Å². The van der Waals surface area contributed by atoms with E-state index in [2.05, 4.69) is 48.7 Å². The second-order valence-corrected chi connectivity index (χ2v) is 9.78. The Morgan fingerprint density at radius 2 is 1.97 bits per heavy atom. The maximum atomic E-state index is 12.2. The number of halogens is 1. The number of benzene rings is 1. The predicted octanol–water partition coefficient (Wildman–Crippen LogP) is 3.55. The average molecular weight is 551 g/mol. The van der Waals surface area contributed by atoms with Crippen LogP contribution in [0.15, 0.2) is 29.3 Å². The summed E-state index contributed by atoms with van der Waals surface area (Å²) in [5, 5.41) is 7.28. The quantitative estimate of drug-likeness (QED) is 0.280. The number of nitrogens with one attached hydrogen (secondary N) is 2. The van der Waals surface area contributed by atoms with Crippen LogP contribution in [0.5, 0.6) is 5.75 Å². The molecule has 0 amide bonds. The summed E-state index contributed by atoms with van der Waals surface area (Å²) < 4.78 is 17.5. The van der Waals surface area contributed by atoms with E-state index in [1.165, 1.54) is 5.56 Å². The van der Waals surface area contributed by atoms with Crippen molar-refractivity contribution in [2.75, 3.05) is 40.0 Å². The molecule has 1 aromatic rings. The molecule has 0 spiro atoms. The van der Waals surface area contributed by atoms with Gasteiger partial charge < -0.3 is 20.3 Å². The van der Waals surface area contributed by atoms with Crippen molar-refractivity contribution in [3.8, 4) is 5.75 Å². The number of aliphatic imine (C=N–C) groups is 1. The number of guanidine groups is 1. The van der Waals surface area contributed by atoms with Crippen molar-refractivity contribution in [3.63, 3.8) is 0 Å². The summed E-state index contributed by atoms with van der Waals surface area (Å²) in [5.41, 5.74) is 1.21. The van der Waals surface area contributed by atoms with Crippen molar-refractivity contribution in [2.45, 2.75) is 56.9 Å².